The largest absolute Gasteiger partial charge is 0.462 e. The van der Waals surface area contributed by atoms with Crippen LogP contribution in [-0.2, 0) is 14.8 Å². The summed E-state index contributed by atoms with van der Waals surface area (Å²) in [5.74, 6) is -0.490. The van der Waals surface area contributed by atoms with Crippen LogP contribution in [0.5, 0.6) is 0 Å². The van der Waals surface area contributed by atoms with Crippen molar-refractivity contribution in [1.82, 2.24) is 0 Å². The van der Waals surface area contributed by atoms with Gasteiger partial charge in [0.2, 0.25) is 10.0 Å². The molecule has 0 amide bonds. The Balaban J connectivity index is 2.24. The van der Waals surface area contributed by atoms with Crippen LogP contribution in [0.15, 0.2) is 6.07 Å². The zero-order valence-electron chi connectivity index (χ0n) is 10.2. The summed E-state index contributed by atoms with van der Waals surface area (Å²) in [7, 11) is -3.35. The lowest BCUT2D eigenvalue weighted by atomic mass is 10.3. The number of ether oxygens (including phenoxy) is 1. The molecule has 0 atom stereocenters. The number of hydrogen-bond donors (Lipinski definition) is 1. The maximum atomic E-state index is 11.8. The van der Waals surface area contributed by atoms with E-state index >= 15 is 0 Å². The van der Waals surface area contributed by atoms with E-state index in [0.717, 1.165) is 4.88 Å². The number of carbonyl (C=O) groups excluding carboxylic acids is 1. The zero-order valence-corrected chi connectivity index (χ0v) is 11.9. The van der Waals surface area contributed by atoms with Gasteiger partial charge in [0.1, 0.15) is 5.00 Å². The minimum absolute atomic E-state index is 0.266. The Morgan fingerprint density at radius 2 is 2.22 bits per heavy atom. The minimum atomic E-state index is -3.35. The van der Waals surface area contributed by atoms with E-state index < -0.39 is 16.0 Å². The lowest BCUT2D eigenvalue weighted by molar-refractivity contribution is 0.0528. The third-order valence-corrected chi connectivity index (χ3v) is 5.48. The first kappa shape index (κ1) is 13.4. The van der Waals surface area contributed by atoms with Crippen LogP contribution >= 0.6 is 11.3 Å². The average molecular weight is 289 g/mol. The highest BCUT2D eigenvalue weighted by molar-refractivity contribution is 7.93. The molecule has 0 radical (unpaired) electrons. The van der Waals surface area contributed by atoms with Crippen LogP contribution in [0.1, 0.15) is 35.0 Å². The van der Waals surface area contributed by atoms with Gasteiger partial charge in [0.15, 0.2) is 0 Å². The van der Waals surface area contributed by atoms with Crippen molar-refractivity contribution in [3.8, 4) is 0 Å². The predicted molar refractivity (Wildman–Crippen MR) is 70.6 cm³/mol. The Morgan fingerprint density at radius 3 is 2.78 bits per heavy atom. The smallest absolute Gasteiger partial charge is 0.341 e. The van der Waals surface area contributed by atoms with Gasteiger partial charge in [-0.3, -0.25) is 4.72 Å². The molecule has 0 unspecified atom stereocenters. The first-order chi connectivity index (χ1) is 8.44. The molecule has 1 N–H and O–H groups in total. The summed E-state index contributed by atoms with van der Waals surface area (Å²) in [5, 5.41) is 0.0489. The molecule has 1 heterocycles. The fourth-order valence-corrected chi connectivity index (χ4v) is 4.10. The Kier molecular flexibility index (Phi) is 3.63. The fourth-order valence-electron chi connectivity index (χ4n) is 1.54. The van der Waals surface area contributed by atoms with E-state index in [1.54, 1.807) is 13.0 Å². The molecule has 1 saturated carbocycles. The van der Waals surface area contributed by atoms with E-state index in [1.807, 2.05) is 6.92 Å². The number of thiophene rings is 1. The highest BCUT2D eigenvalue weighted by Gasteiger charge is 2.36. The average Bonchev–Trinajstić information content (AvgIpc) is 3.05. The Hall–Kier alpha value is -1.08. The number of anilines is 1. The molecule has 2 rings (SSSR count). The van der Waals surface area contributed by atoms with Gasteiger partial charge in [-0.2, -0.15) is 0 Å². The van der Waals surface area contributed by atoms with E-state index in [4.69, 9.17) is 4.74 Å². The second-order valence-electron chi connectivity index (χ2n) is 4.17. The first-order valence-corrected chi connectivity index (χ1v) is 8.09. The first-order valence-electron chi connectivity index (χ1n) is 5.73. The van der Waals surface area contributed by atoms with E-state index in [1.165, 1.54) is 11.3 Å². The van der Waals surface area contributed by atoms with Crippen molar-refractivity contribution in [2.45, 2.75) is 31.9 Å². The van der Waals surface area contributed by atoms with Gasteiger partial charge in [-0.15, -0.1) is 11.3 Å². The van der Waals surface area contributed by atoms with Crippen LogP contribution in [-0.4, -0.2) is 26.2 Å². The minimum Gasteiger partial charge on any atom is -0.462 e. The third-order valence-electron chi connectivity index (χ3n) is 2.55. The number of aryl methyl sites for hydroxylation is 1. The second kappa shape index (κ2) is 4.89. The summed E-state index contributed by atoms with van der Waals surface area (Å²) in [6, 6.07) is 1.65. The van der Waals surface area contributed by atoms with E-state index in [-0.39, 0.29) is 11.9 Å². The third kappa shape index (κ3) is 2.84. The predicted octanol–water partition coefficient (Wildman–Crippen LogP) is 2.14. The summed E-state index contributed by atoms with van der Waals surface area (Å²) >= 11 is 1.25. The highest BCUT2D eigenvalue weighted by Crippen LogP contribution is 2.34. The molecular weight excluding hydrogens is 274 g/mol. The van der Waals surface area contributed by atoms with Crippen LogP contribution in [0.4, 0.5) is 5.00 Å². The zero-order chi connectivity index (χ0) is 13.3. The number of esters is 1. The van der Waals surface area contributed by atoms with Crippen molar-refractivity contribution in [1.29, 1.82) is 0 Å². The fraction of sp³-hybridized carbons (Fsp3) is 0.545. The van der Waals surface area contributed by atoms with Crippen molar-refractivity contribution in [3.63, 3.8) is 0 Å². The summed E-state index contributed by atoms with van der Waals surface area (Å²) in [6.45, 7) is 3.80. The molecule has 100 valence electrons. The van der Waals surface area contributed by atoms with Gasteiger partial charge in [-0.25, -0.2) is 13.2 Å². The molecule has 7 heteroatoms. The standard InChI is InChI=1S/C11H15NO4S2/c1-3-16-11(13)9-6-7(2)17-10(9)12-18(14,15)8-4-5-8/h6,8,12H,3-5H2,1-2H3. The van der Waals surface area contributed by atoms with Gasteiger partial charge < -0.3 is 4.74 Å². The van der Waals surface area contributed by atoms with Crippen molar-refractivity contribution in [2.75, 3.05) is 11.3 Å². The van der Waals surface area contributed by atoms with Gasteiger partial charge in [0, 0.05) is 4.88 Å². The van der Waals surface area contributed by atoms with Gasteiger partial charge >= 0.3 is 5.97 Å². The Bertz CT molecular complexity index is 558. The number of sulfonamides is 1. The van der Waals surface area contributed by atoms with Gasteiger partial charge in [-0.05, 0) is 32.8 Å². The maximum Gasteiger partial charge on any atom is 0.341 e. The summed E-state index contributed by atoms with van der Waals surface area (Å²) in [4.78, 5) is 12.6. The molecule has 1 aliphatic carbocycles. The van der Waals surface area contributed by atoms with Crippen molar-refractivity contribution < 1.29 is 17.9 Å². The van der Waals surface area contributed by atoms with Gasteiger partial charge in [0.05, 0.1) is 17.4 Å². The maximum absolute atomic E-state index is 11.8. The normalized spacial score (nSPS) is 15.4. The summed E-state index contributed by atoms with van der Waals surface area (Å²) in [6.07, 6.45) is 1.38. The van der Waals surface area contributed by atoms with Gasteiger partial charge in [-0.1, -0.05) is 0 Å². The van der Waals surface area contributed by atoms with E-state index in [2.05, 4.69) is 4.72 Å². The Labute approximate surface area is 110 Å². The monoisotopic (exact) mass is 289 g/mol. The number of hydrogen-bond acceptors (Lipinski definition) is 5. The molecule has 0 aliphatic heterocycles. The highest BCUT2D eigenvalue weighted by atomic mass is 32.2. The molecule has 0 bridgehead atoms. The summed E-state index contributed by atoms with van der Waals surface area (Å²) in [5.41, 5.74) is 0.295. The molecule has 1 aromatic rings. The van der Waals surface area contributed by atoms with E-state index in [0.29, 0.717) is 23.4 Å². The van der Waals surface area contributed by atoms with Crippen LogP contribution in [0.2, 0.25) is 0 Å². The molecule has 18 heavy (non-hydrogen) atoms. The second-order valence-corrected chi connectivity index (χ2v) is 7.38. The molecular formula is C11H15NO4S2. The molecule has 5 nitrogen and oxygen atoms in total. The van der Waals surface area contributed by atoms with Crippen LogP contribution in [0.25, 0.3) is 0 Å². The van der Waals surface area contributed by atoms with Crippen LogP contribution < -0.4 is 4.72 Å². The number of nitrogens with one attached hydrogen (secondary N) is 1. The molecule has 1 fully saturated rings. The van der Waals surface area contributed by atoms with E-state index in [9.17, 15) is 13.2 Å². The molecule has 1 aliphatic rings. The topological polar surface area (TPSA) is 72.5 Å². The van der Waals surface area contributed by atoms with Crippen molar-refractivity contribution >= 4 is 32.3 Å². The van der Waals surface area contributed by atoms with Gasteiger partial charge in [0.25, 0.3) is 0 Å². The molecule has 0 saturated heterocycles. The van der Waals surface area contributed by atoms with Crippen LogP contribution in [0, 0.1) is 6.92 Å². The number of carbonyl (C=O) groups is 1. The Morgan fingerprint density at radius 1 is 1.56 bits per heavy atom. The van der Waals surface area contributed by atoms with Crippen molar-refractivity contribution in [2.24, 2.45) is 0 Å². The lowest BCUT2D eigenvalue weighted by Crippen LogP contribution is -2.18. The molecule has 0 aromatic carbocycles. The number of rotatable bonds is 5. The van der Waals surface area contributed by atoms with Crippen molar-refractivity contribution in [3.05, 3.63) is 16.5 Å². The lowest BCUT2D eigenvalue weighted by Gasteiger charge is -2.07. The SMILES string of the molecule is CCOC(=O)c1cc(C)sc1NS(=O)(=O)C1CC1. The summed E-state index contributed by atoms with van der Waals surface area (Å²) < 4.78 is 31.1. The molecule has 1 aromatic heterocycles. The quantitative estimate of drug-likeness (QED) is 0.843. The van der Waals surface area contributed by atoms with Crippen LogP contribution in [0.3, 0.4) is 0 Å². The molecule has 0 spiro atoms.